The Morgan fingerprint density at radius 1 is 1.43 bits per heavy atom. The van der Waals surface area contributed by atoms with Crippen LogP contribution in [-0.4, -0.2) is 57.6 Å². The van der Waals surface area contributed by atoms with Crippen molar-refractivity contribution in [2.45, 2.75) is 12.8 Å². The molecule has 8 heteroatoms. The largest absolute Gasteiger partial charge is 0.396 e. The van der Waals surface area contributed by atoms with E-state index in [1.54, 1.807) is 4.90 Å². The lowest BCUT2D eigenvalue weighted by Crippen LogP contribution is -2.33. The Morgan fingerprint density at radius 2 is 2.19 bits per heavy atom. The molecule has 2 fully saturated rings. The Morgan fingerprint density at radius 3 is 2.81 bits per heavy atom. The van der Waals surface area contributed by atoms with E-state index in [1.807, 2.05) is 0 Å². The minimum Gasteiger partial charge on any atom is -0.396 e. The molecule has 2 atom stereocenters. The van der Waals surface area contributed by atoms with E-state index in [9.17, 15) is 14.7 Å². The summed E-state index contributed by atoms with van der Waals surface area (Å²) in [4.78, 5) is 25.6. The molecule has 1 amide bonds. The minimum atomic E-state index is -0.430. The molecule has 0 aromatic carbocycles. The molecule has 3 rings (SSSR count). The zero-order chi connectivity index (χ0) is 14.8. The maximum Gasteiger partial charge on any atom is 0.291 e. The van der Waals surface area contributed by atoms with Gasteiger partial charge in [0.1, 0.15) is 0 Å². The topological polar surface area (TPSA) is 95.5 Å². The highest BCUT2D eigenvalue weighted by molar-refractivity contribution is 6.99. The van der Waals surface area contributed by atoms with Crippen LogP contribution in [0.15, 0.2) is 4.79 Å². The first kappa shape index (κ1) is 14.7. The van der Waals surface area contributed by atoms with Crippen molar-refractivity contribution in [2.75, 3.05) is 32.9 Å². The van der Waals surface area contributed by atoms with E-state index in [2.05, 4.69) is 8.75 Å². The SMILES string of the molecule is O=C(c1ns[nH]c1=O)N1C[C@@H](CO)[C@H](C2CCOCC2)C1. The van der Waals surface area contributed by atoms with Gasteiger partial charge >= 0.3 is 0 Å². The Kier molecular flexibility index (Phi) is 4.37. The molecule has 0 spiro atoms. The molecule has 0 unspecified atom stereocenters. The molecule has 0 aliphatic carbocycles. The molecular weight excluding hydrogens is 294 g/mol. The minimum absolute atomic E-state index is 0.0377. The average molecular weight is 313 g/mol. The van der Waals surface area contributed by atoms with E-state index in [0.29, 0.717) is 19.0 Å². The van der Waals surface area contributed by atoms with Crippen molar-refractivity contribution in [2.24, 2.45) is 17.8 Å². The maximum atomic E-state index is 12.4. The molecule has 0 saturated carbocycles. The molecule has 0 bridgehead atoms. The monoisotopic (exact) mass is 313 g/mol. The number of aliphatic hydroxyl groups excluding tert-OH is 1. The highest BCUT2D eigenvalue weighted by Gasteiger charge is 2.40. The van der Waals surface area contributed by atoms with Crippen molar-refractivity contribution in [3.05, 3.63) is 16.0 Å². The van der Waals surface area contributed by atoms with E-state index >= 15 is 0 Å². The van der Waals surface area contributed by atoms with Crippen LogP contribution in [0.5, 0.6) is 0 Å². The van der Waals surface area contributed by atoms with Crippen LogP contribution < -0.4 is 5.56 Å². The number of nitrogens with zero attached hydrogens (tertiary/aromatic N) is 2. The van der Waals surface area contributed by atoms with Crippen LogP contribution in [0, 0.1) is 17.8 Å². The fraction of sp³-hybridized carbons (Fsp3) is 0.769. The summed E-state index contributed by atoms with van der Waals surface area (Å²) in [5.74, 6) is 0.503. The number of hydrogen-bond donors (Lipinski definition) is 2. The summed E-state index contributed by atoms with van der Waals surface area (Å²) in [7, 11) is 0. The first-order valence-electron chi connectivity index (χ1n) is 7.23. The predicted octanol–water partition coefficient (Wildman–Crippen LogP) is -0.0615. The van der Waals surface area contributed by atoms with E-state index in [-0.39, 0.29) is 30.0 Å². The molecular formula is C13H19N3O4S. The molecule has 1 aromatic heterocycles. The van der Waals surface area contributed by atoms with Gasteiger partial charge in [-0.15, -0.1) is 0 Å². The summed E-state index contributed by atoms with van der Waals surface area (Å²) in [5, 5.41) is 9.60. The van der Waals surface area contributed by atoms with Crippen molar-refractivity contribution < 1.29 is 14.6 Å². The smallest absolute Gasteiger partial charge is 0.291 e. The summed E-state index contributed by atoms with van der Waals surface area (Å²) in [5.41, 5.74) is -0.468. The molecule has 0 radical (unpaired) electrons. The lowest BCUT2D eigenvalue weighted by atomic mass is 9.80. The number of amides is 1. The van der Waals surface area contributed by atoms with Gasteiger partial charge in [-0.3, -0.25) is 14.0 Å². The number of aliphatic hydroxyl groups is 1. The Hall–Kier alpha value is -1.25. The molecule has 21 heavy (non-hydrogen) atoms. The molecule has 7 nitrogen and oxygen atoms in total. The predicted molar refractivity (Wildman–Crippen MR) is 76.2 cm³/mol. The van der Waals surface area contributed by atoms with E-state index < -0.39 is 5.56 Å². The molecule has 2 N–H and O–H groups in total. The fourth-order valence-corrected chi connectivity index (χ4v) is 3.90. The molecule has 2 saturated heterocycles. The van der Waals surface area contributed by atoms with Gasteiger partial charge in [0.2, 0.25) is 5.69 Å². The molecule has 2 aliphatic rings. The van der Waals surface area contributed by atoms with Gasteiger partial charge < -0.3 is 14.7 Å². The maximum absolute atomic E-state index is 12.4. The normalized spacial score (nSPS) is 27.2. The number of likely N-dealkylation sites (tertiary alicyclic amines) is 1. The molecule has 3 heterocycles. The zero-order valence-corrected chi connectivity index (χ0v) is 12.5. The number of ether oxygens (including phenoxy) is 1. The number of nitrogens with one attached hydrogen (secondary N) is 1. The molecule has 1 aromatic rings. The Bertz CT molecular complexity index is 552. The summed E-state index contributed by atoms with van der Waals surface area (Å²) in [6.45, 7) is 2.65. The fourth-order valence-electron chi connectivity index (χ4n) is 3.42. The second-order valence-electron chi connectivity index (χ2n) is 5.73. The van der Waals surface area contributed by atoms with Crippen LogP contribution in [-0.2, 0) is 4.74 Å². The highest BCUT2D eigenvalue weighted by atomic mass is 32.1. The Balaban J connectivity index is 1.73. The lowest BCUT2D eigenvalue weighted by Gasteiger charge is -2.30. The van der Waals surface area contributed by atoms with Gasteiger partial charge in [-0.25, -0.2) is 0 Å². The molecule has 2 aliphatic heterocycles. The van der Waals surface area contributed by atoms with Crippen molar-refractivity contribution >= 4 is 17.6 Å². The second kappa shape index (κ2) is 6.25. The van der Waals surface area contributed by atoms with Crippen molar-refractivity contribution in [1.29, 1.82) is 0 Å². The van der Waals surface area contributed by atoms with Gasteiger partial charge in [0.15, 0.2) is 0 Å². The standard InChI is InChI=1S/C13H19N3O4S/c17-7-9-5-16(13(19)11-12(18)15-21-14-11)6-10(9)8-1-3-20-4-2-8/h8-10,17H,1-7H2,(H,15,18)/t9-,10-/m0/s1. The van der Waals surface area contributed by atoms with Gasteiger partial charge in [0.25, 0.3) is 11.5 Å². The summed E-state index contributed by atoms with van der Waals surface area (Å²) < 4.78 is 11.7. The van der Waals surface area contributed by atoms with Crippen LogP contribution in [0.25, 0.3) is 0 Å². The quantitative estimate of drug-likeness (QED) is 0.815. The van der Waals surface area contributed by atoms with E-state index in [1.165, 1.54) is 0 Å². The average Bonchev–Trinajstić information content (AvgIpc) is 3.13. The first-order valence-corrected chi connectivity index (χ1v) is 8.00. The number of aromatic amines is 1. The van der Waals surface area contributed by atoms with Crippen molar-refractivity contribution in [3.8, 4) is 0 Å². The van der Waals surface area contributed by atoms with Crippen LogP contribution in [0.2, 0.25) is 0 Å². The highest BCUT2D eigenvalue weighted by Crippen LogP contribution is 2.35. The summed E-state index contributed by atoms with van der Waals surface area (Å²) in [6, 6.07) is 0. The van der Waals surface area contributed by atoms with Crippen molar-refractivity contribution in [1.82, 2.24) is 13.6 Å². The van der Waals surface area contributed by atoms with Crippen LogP contribution in [0.1, 0.15) is 23.3 Å². The Labute approximate surface area is 126 Å². The summed E-state index contributed by atoms with van der Waals surface area (Å²) >= 11 is 0.888. The number of carbonyl (C=O) groups is 1. The number of hydrogen-bond acceptors (Lipinski definition) is 6. The number of carbonyl (C=O) groups excluding carboxylic acids is 1. The van der Waals surface area contributed by atoms with E-state index in [4.69, 9.17) is 4.74 Å². The number of aromatic nitrogens is 2. The van der Waals surface area contributed by atoms with Gasteiger partial charge in [0, 0.05) is 50.6 Å². The molecule has 116 valence electrons. The van der Waals surface area contributed by atoms with Crippen LogP contribution in [0.4, 0.5) is 0 Å². The zero-order valence-electron chi connectivity index (χ0n) is 11.7. The lowest BCUT2D eigenvalue weighted by molar-refractivity contribution is 0.0352. The van der Waals surface area contributed by atoms with Crippen molar-refractivity contribution in [3.63, 3.8) is 0 Å². The third-order valence-electron chi connectivity index (χ3n) is 4.58. The van der Waals surface area contributed by atoms with Gasteiger partial charge in [0.05, 0.1) is 0 Å². The third kappa shape index (κ3) is 2.88. The number of rotatable bonds is 3. The number of H-pyrrole nitrogens is 1. The van der Waals surface area contributed by atoms with Gasteiger partial charge in [-0.1, -0.05) is 0 Å². The second-order valence-corrected chi connectivity index (χ2v) is 6.30. The van der Waals surface area contributed by atoms with E-state index in [0.717, 1.165) is 37.8 Å². The van der Waals surface area contributed by atoms with Crippen LogP contribution in [0.3, 0.4) is 0 Å². The third-order valence-corrected chi connectivity index (χ3v) is 5.13. The first-order chi connectivity index (χ1) is 10.2. The van der Waals surface area contributed by atoms with Gasteiger partial charge in [-0.2, -0.15) is 4.37 Å². The summed E-state index contributed by atoms with van der Waals surface area (Å²) in [6.07, 6.45) is 1.95. The van der Waals surface area contributed by atoms with Gasteiger partial charge in [-0.05, 0) is 24.7 Å². The van der Waals surface area contributed by atoms with Crippen LogP contribution >= 0.6 is 11.7 Å².